The molecule has 0 atom stereocenters. The molecule has 0 aliphatic rings. The molecule has 0 saturated carbocycles. The smallest absolute Gasteiger partial charge is 0.340 e. The van der Waals surface area contributed by atoms with E-state index < -0.39 is 11.7 Å². The summed E-state index contributed by atoms with van der Waals surface area (Å²) in [5.41, 5.74) is 1.34. The van der Waals surface area contributed by atoms with E-state index in [1.54, 1.807) is 17.8 Å². The molecule has 1 aromatic heterocycles. The summed E-state index contributed by atoms with van der Waals surface area (Å²) >= 11 is 1.63. The minimum Gasteiger partial charge on any atom is -0.340 e. The zero-order chi connectivity index (χ0) is 17.9. The predicted octanol–water partition coefficient (Wildman–Crippen LogP) is 5.63. The van der Waals surface area contributed by atoms with E-state index in [1.807, 2.05) is 30.5 Å². The molecule has 0 spiro atoms. The largest absolute Gasteiger partial charge is 0.416 e. The van der Waals surface area contributed by atoms with E-state index in [0.29, 0.717) is 17.1 Å². The van der Waals surface area contributed by atoms with Crippen LogP contribution in [-0.4, -0.2) is 16.2 Å². The fourth-order valence-electron chi connectivity index (χ4n) is 2.26. The lowest BCUT2D eigenvalue weighted by molar-refractivity contribution is -0.137. The van der Waals surface area contributed by atoms with Gasteiger partial charge in [0.05, 0.1) is 11.3 Å². The summed E-state index contributed by atoms with van der Waals surface area (Å²) in [6.07, 6.45) is -0.973. The lowest BCUT2D eigenvalue weighted by atomic mass is 10.1. The van der Waals surface area contributed by atoms with E-state index in [4.69, 9.17) is 0 Å². The van der Waals surface area contributed by atoms with Gasteiger partial charge in [-0.1, -0.05) is 18.2 Å². The van der Waals surface area contributed by atoms with E-state index in [1.165, 1.54) is 18.5 Å². The van der Waals surface area contributed by atoms with E-state index in [9.17, 15) is 13.2 Å². The summed E-state index contributed by atoms with van der Waals surface area (Å²) in [6, 6.07) is 14.5. The Morgan fingerprint density at radius 3 is 2.40 bits per heavy atom. The minimum absolute atomic E-state index is 0.548. The Labute approximate surface area is 147 Å². The van der Waals surface area contributed by atoms with Crippen molar-refractivity contribution < 1.29 is 13.2 Å². The first-order valence-electron chi connectivity index (χ1n) is 7.36. The van der Waals surface area contributed by atoms with Crippen LogP contribution in [0.1, 0.15) is 5.56 Å². The molecule has 3 rings (SSSR count). The van der Waals surface area contributed by atoms with Gasteiger partial charge in [-0.15, -0.1) is 11.8 Å². The van der Waals surface area contributed by atoms with E-state index in [-0.39, 0.29) is 0 Å². The summed E-state index contributed by atoms with van der Waals surface area (Å²) in [5, 5.41) is 3.18. The molecular formula is C18H14F3N3S. The van der Waals surface area contributed by atoms with E-state index >= 15 is 0 Å². The van der Waals surface area contributed by atoms with Gasteiger partial charge in [0.25, 0.3) is 0 Å². The molecule has 0 fully saturated rings. The highest BCUT2D eigenvalue weighted by Crippen LogP contribution is 2.31. The Balaban J connectivity index is 1.83. The lowest BCUT2D eigenvalue weighted by Crippen LogP contribution is -2.04. The Kier molecular flexibility index (Phi) is 4.94. The maximum absolute atomic E-state index is 12.7. The Morgan fingerprint density at radius 2 is 1.72 bits per heavy atom. The molecule has 2 aromatic carbocycles. The van der Waals surface area contributed by atoms with Crippen molar-refractivity contribution >= 4 is 23.3 Å². The number of nitrogens with zero attached hydrogens (tertiary/aromatic N) is 2. The number of halogens is 3. The van der Waals surface area contributed by atoms with Gasteiger partial charge in [0.2, 0.25) is 0 Å². The number of nitrogens with one attached hydrogen (secondary N) is 1. The van der Waals surface area contributed by atoms with Crippen molar-refractivity contribution in [1.29, 1.82) is 0 Å². The number of hydrogen-bond acceptors (Lipinski definition) is 4. The number of thioether (sulfide) groups is 1. The predicted molar refractivity (Wildman–Crippen MR) is 94.0 cm³/mol. The second-order valence-electron chi connectivity index (χ2n) is 5.22. The Hall–Kier alpha value is -2.54. The van der Waals surface area contributed by atoms with Crippen molar-refractivity contribution in [2.24, 2.45) is 0 Å². The standard InChI is InChI=1S/C18H14F3N3S/c1-25-15-4-2-3-14(9-15)24-17-10-16(22-11-23-17)12-5-7-13(8-6-12)18(19,20)21/h2-11H,1H3,(H,22,23,24). The van der Waals surface area contributed by atoms with Gasteiger partial charge in [0.1, 0.15) is 12.1 Å². The first-order valence-corrected chi connectivity index (χ1v) is 8.59. The van der Waals surface area contributed by atoms with Crippen LogP contribution < -0.4 is 5.32 Å². The minimum atomic E-state index is -4.35. The molecular weight excluding hydrogens is 347 g/mol. The fraction of sp³-hybridized carbons (Fsp3) is 0.111. The van der Waals surface area contributed by atoms with Crippen LogP contribution in [0.4, 0.5) is 24.7 Å². The summed E-state index contributed by atoms with van der Waals surface area (Å²) in [5.74, 6) is 0.572. The summed E-state index contributed by atoms with van der Waals surface area (Å²) < 4.78 is 38.0. The lowest BCUT2D eigenvalue weighted by Gasteiger charge is -2.09. The average molecular weight is 361 g/mol. The number of hydrogen-bond donors (Lipinski definition) is 1. The molecule has 0 saturated heterocycles. The van der Waals surface area contributed by atoms with Crippen molar-refractivity contribution in [3.8, 4) is 11.3 Å². The monoisotopic (exact) mass is 361 g/mol. The molecule has 128 valence electrons. The van der Waals surface area contributed by atoms with E-state index in [2.05, 4.69) is 15.3 Å². The van der Waals surface area contributed by atoms with Gasteiger partial charge in [-0.2, -0.15) is 13.2 Å². The first kappa shape index (κ1) is 17.3. The zero-order valence-corrected chi connectivity index (χ0v) is 14.0. The number of rotatable bonds is 4. The molecule has 0 bridgehead atoms. The van der Waals surface area contributed by atoms with Crippen molar-refractivity contribution in [1.82, 2.24) is 9.97 Å². The SMILES string of the molecule is CSc1cccc(Nc2cc(-c3ccc(C(F)(F)F)cc3)ncn2)c1. The average Bonchev–Trinajstić information content (AvgIpc) is 2.61. The van der Waals surface area contributed by atoms with Crippen LogP contribution in [0, 0.1) is 0 Å². The fourth-order valence-corrected chi connectivity index (χ4v) is 2.72. The van der Waals surface area contributed by atoms with Gasteiger partial charge in [-0.05, 0) is 36.6 Å². The number of aromatic nitrogens is 2. The molecule has 0 aliphatic heterocycles. The van der Waals surface area contributed by atoms with Crippen LogP contribution >= 0.6 is 11.8 Å². The van der Waals surface area contributed by atoms with Crippen LogP contribution in [0.15, 0.2) is 65.8 Å². The number of benzene rings is 2. The molecule has 0 aliphatic carbocycles. The molecule has 25 heavy (non-hydrogen) atoms. The third kappa shape index (κ3) is 4.30. The van der Waals surface area contributed by atoms with Crippen molar-refractivity contribution in [2.45, 2.75) is 11.1 Å². The molecule has 7 heteroatoms. The van der Waals surface area contributed by atoms with Crippen molar-refractivity contribution in [3.05, 3.63) is 66.5 Å². The summed E-state index contributed by atoms with van der Waals surface area (Å²) in [6.45, 7) is 0. The summed E-state index contributed by atoms with van der Waals surface area (Å²) in [7, 11) is 0. The number of alkyl halides is 3. The van der Waals surface area contributed by atoms with E-state index in [0.717, 1.165) is 22.7 Å². The Bertz CT molecular complexity index is 864. The van der Waals surface area contributed by atoms with Crippen LogP contribution in [0.2, 0.25) is 0 Å². The van der Waals surface area contributed by atoms with Crippen molar-refractivity contribution in [2.75, 3.05) is 11.6 Å². The first-order chi connectivity index (χ1) is 12.0. The molecule has 0 amide bonds. The van der Waals surface area contributed by atoms with Crippen LogP contribution in [0.25, 0.3) is 11.3 Å². The Morgan fingerprint density at radius 1 is 0.960 bits per heavy atom. The topological polar surface area (TPSA) is 37.8 Å². The van der Waals surface area contributed by atoms with Gasteiger partial charge < -0.3 is 5.32 Å². The molecule has 1 N–H and O–H groups in total. The third-order valence-electron chi connectivity index (χ3n) is 3.52. The molecule has 3 aromatic rings. The second kappa shape index (κ2) is 7.14. The van der Waals surface area contributed by atoms with Crippen LogP contribution in [-0.2, 0) is 6.18 Å². The van der Waals surface area contributed by atoms with Gasteiger partial charge in [-0.25, -0.2) is 9.97 Å². The highest BCUT2D eigenvalue weighted by molar-refractivity contribution is 7.98. The molecule has 0 radical (unpaired) electrons. The highest BCUT2D eigenvalue weighted by atomic mass is 32.2. The number of anilines is 2. The molecule has 3 nitrogen and oxygen atoms in total. The summed E-state index contributed by atoms with van der Waals surface area (Å²) in [4.78, 5) is 9.42. The zero-order valence-electron chi connectivity index (χ0n) is 13.2. The maximum Gasteiger partial charge on any atom is 0.416 e. The third-order valence-corrected chi connectivity index (χ3v) is 4.24. The molecule has 0 unspecified atom stereocenters. The quantitative estimate of drug-likeness (QED) is 0.611. The molecule has 1 heterocycles. The van der Waals surface area contributed by atoms with Crippen LogP contribution in [0.5, 0.6) is 0 Å². The normalized spacial score (nSPS) is 11.4. The van der Waals surface area contributed by atoms with Crippen molar-refractivity contribution in [3.63, 3.8) is 0 Å². The van der Waals surface area contributed by atoms with Gasteiger partial charge in [0, 0.05) is 22.2 Å². The highest BCUT2D eigenvalue weighted by Gasteiger charge is 2.30. The van der Waals surface area contributed by atoms with Gasteiger partial charge >= 0.3 is 6.18 Å². The van der Waals surface area contributed by atoms with Gasteiger partial charge in [0.15, 0.2) is 0 Å². The maximum atomic E-state index is 12.7. The second-order valence-corrected chi connectivity index (χ2v) is 6.10. The van der Waals surface area contributed by atoms with Gasteiger partial charge in [-0.3, -0.25) is 0 Å². The van der Waals surface area contributed by atoms with Crippen LogP contribution in [0.3, 0.4) is 0 Å².